The summed E-state index contributed by atoms with van der Waals surface area (Å²) in [6, 6.07) is 1.75. The Morgan fingerprint density at radius 2 is 2.22 bits per heavy atom. The van der Waals surface area contributed by atoms with Gasteiger partial charge in [0, 0.05) is 12.5 Å². The number of hydrogen-bond donors (Lipinski definition) is 2. The van der Waals surface area contributed by atoms with Crippen LogP contribution in [-0.4, -0.2) is 17.6 Å². The molecule has 5 nitrogen and oxygen atoms in total. The predicted molar refractivity (Wildman–Crippen MR) is 67.5 cm³/mol. The number of nitrogens with zero attached hydrogens (tertiary/aromatic N) is 1. The molecule has 0 aromatic carbocycles. The molecule has 1 fully saturated rings. The fraction of sp³-hybridized carbons (Fsp3) is 0.692. The van der Waals surface area contributed by atoms with Crippen molar-refractivity contribution in [2.45, 2.75) is 45.1 Å². The summed E-state index contributed by atoms with van der Waals surface area (Å²) in [7, 11) is 0. The topological polar surface area (TPSA) is 81.2 Å². The van der Waals surface area contributed by atoms with Crippen LogP contribution in [0.1, 0.15) is 44.3 Å². The van der Waals surface area contributed by atoms with Gasteiger partial charge in [0.15, 0.2) is 5.76 Å². The number of amides is 1. The third-order valence-electron chi connectivity index (χ3n) is 3.83. The van der Waals surface area contributed by atoms with Crippen molar-refractivity contribution in [2.24, 2.45) is 11.1 Å². The molecular weight excluding hydrogens is 230 g/mol. The standard InChI is InChI=1S/C13H21N3O2/c14-10-13(5-2-1-3-6-13)8-12(17)15-9-11-4-7-16-18-11/h4,7H,1-3,5-6,8-10,14H2,(H,15,17). The molecule has 5 heteroatoms. The van der Waals surface area contributed by atoms with Crippen LogP contribution in [0, 0.1) is 5.41 Å². The average Bonchev–Trinajstić information content (AvgIpc) is 2.91. The fourth-order valence-electron chi connectivity index (χ4n) is 2.68. The molecule has 0 radical (unpaired) electrons. The molecule has 3 N–H and O–H groups in total. The average molecular weight is 251 g/mol. The van der Waals surface area contributed by atoms with Crippen molar-refractivity contribution >= 4 is 5.91 Å². The van der Waals surface area contributed by atoms with Crippen LogP contribution in [0.5, 0.6) is 0 Å². The third kappa shape index (κ3) is 3.32. The lowest BCUT2D eigenvalue weighted by molar-refractivity contribution is -0.124. The van der Waals surface area contributed by atoms with E-state index in [1.807, 2.05) is 0 Å². The van der Waals surface area contributed by atoms with Crippen LogP contribution in [0.4, 0.5) is 0 Å². The molecule has 1 aliphatic carbocycles. The van der Waals surface area contributed by atoms with Gasteiger partial charge >= 0.3 is 0 Å². The smallest absolute Gasteiger partial charge is 0.220 e. The number of aromatic nitrogens is 1. The van der Waals surface area contributed by atoms with Gasteiger partial charge in [0.05, 0.1) is 12.7 Å². The largest absolute Gasteiger partial charge is 0.360 e. The first-order chi connectivity index (χ1) is 8.74. The molecule has 1 aromatic rings. The summed E-state index contributed by atoms with van der Waals surface area (Å²) in [5.74, 6) is 0.729. The van der Waals surface area contributed by atoms with E-state index in [-0.39, 0.29) is 11.3 Å². The minimum absolute atomic E-state index is 0.0176. The van der Waals surface area contributed by atoms with Crippen LogP contribution in [0.2, 0.25) is 0 Å². The van der Waals surface area contributed by atoms with Gasteiger partial charge in [-0.15, -0.1) is 0 Å². The summed E-state index contributed by atoms with van der Waals surface area (Å²) in [4.78, 5) is 11.9. The monoisotopic (exact) mass is 251 g/mol. The van der Waals surface area contributed by atoms with E-state index in [0.717, 1.165) is 12.8 Å². The minimum atomic E-state index is 0.0176. The number of carbonyl (C=O) groups excluding carboxylic acids is 1. The second kappa shape index (κ2) is 6.00. The number of nitrogens with two attached hydrogens (primary N) is 1. The maximum absolute atomic E-state index is 11.9. The summed E-state index contributed by atoms with van der Waals surface area (Å²) in [6.07, 6.45) is 7.88. The van der Waals surface area contributed by atoms with Gasteiger partial charge in [-0.25, -0.2) is 0 Å². The Morgan fingerprint density at radius 1 is 1.44 bits per heavy atom. The molecular formula is C13H21N3O2. The zero-order chi connectivity index (χ0) is 12.8. The first kappa shape index (κ1) is 13.1. The van der Waals surface area contributed by atoms with Gasteiger partial charge in [-0.05, 0) is 24.8 Å². The van der Waals surface area contributed by atoms with Gasteiger partial charge in [-0.1, -0.05) is 24.4 Å². The predicted octanol–water partition coefficient (Wildman–Crippen LogP) is 1.59. The van der Waals surface area contributed by atoms with Gasteiger partial charge < -0.3 is 15.6 Å². The molecule has 100 valence electrons. The summed E-state index contributed by atoms with van der Waals surface area (Å²) in [5, 5.41) is 6.46. The maximum Gasteiger partial charge on any atom is 0.220 e. The van der Waals surface area contributed by atoms with E-state index in [2.05, 4.69) is 10.5 Å². The quantitative estimate of drug-likeness (QED) is 0.832. The van der Waals surface area contributed by atoms with Gasteiger partial charge in [0.2, 0.25) is 5.91 Å². The molecule has 18 heavy (non-hydrogen) atoms. The molecule has 0 saturated heterocycles. The zero-order valence-electron chi connectivity index (χ0n) is 10.7. The minimum Gasteiger partial charge on any atom is -0.360 e. The molecule has 0 aliphatic heterocycles. The SMILES string of the molecule is NCC1(CC(=O)NCc2ccno2)CCCCC1. The lowest BCUT2D eigenvalue weighted by Crippen LogP contribution is -2.38. The van der Waals surface area contributed by atoms with Crippen molar-refractivity contribution in [3.63, 3.8) is 0 Å². The van der Waals surface area contributed by atoms with Crippen LogP contribution in [0.25, 0.3) is 0 Å². The highest BCUT2D eigenvalue weighted by molar-refractivity contribution is 5.76. The first-order valence-corrected chi connectivity index (χ1v) is 6.60. The number of hydrogen-bond acceptors (Lipinski definition) is 4. The summed E-state index contributed by atoms with van der Waals surface area (Å²) < 4.78 is 4.94. The third-order valence-corrected chi connectivity index (χ3v) is 3.83. The number of carbonyl (C=O) groups is 1. The summed E-state index contributed by atoms with van der Waals surface area (Å²) >= 11 is 0. The Bertz CT molecular complexity index is 370. The highest BCUT2D eigenvalue weighted by Crippen LogP contribution is 2.38. The highest BCUT2D eigenvalue weighted by Gasteiger charge is 2.32. The zero-order valence-corrected chi connectivity index (χ0v) is 10.7. The Labute approximate surface area is 107 Å². The second-order valence-corrected chi connectivity index (χ2v) is 5.20. The van der Waals surface area contributed by atoms with Crippen molar-refractivity contribution in [2.75, 3.05) is 6.54 Å². The van der Waals surface area contributed by atoms with Crippen LogP contribution < -0.4 is 11.1 Å². The summed E-state index contributed by atoms with van der Waals surface area (Å²) in [5.41, 5.74) is 5.89. The molecule has 2 rings (SSSR count). The summed E-state index contributed by atoms with van der Waals surface area (Å²) in [6.45, 7) is 1.00. The van der Waals surface area contributed by atoms with Gasteiger partial charge in [0.25, 0.3) is 0 Å². The lowest BCUT2D eigenvalue weighted by Gasteiger charge is -2.35. The Kier molecular flexibility index (Phi) is 4.36. The highest BCUT2D eigenvalue weighted by atomic mass is 16.5. The first-order valence-electron chi connectivity index (χ1n) is 6.60. The molecule has 1 saturated carbocycles. The lowest BCUT2D eigenvalue weighted by atomic mass is 9.71. The second-order valence-electron chi connectivity index (χ2n) is 5.20. The van der Waals surface area contributed by atoms with Gasteiger partial charge in [0.1, 0.15) is 0 Å². The molecule has 0 spiro atoms. The molecule has 0 unspecified atom stereocenters. The van der Waals surface area contributed by atoms with Crippen LogP contribution in [-0.2, 0) is 11.3 Å². The molecule has 1 aromatic heterocycles. The van der Waals surface area contributed by atoms with E-state index < -0.39 is 0 Å². The molecule has 1 aliphatic rings. The van der Waals surface area contributed by atoms with Crippen molar-refractivity contribution < 1.29 is 9.32 Å². The van der Waals surface area contributed by atoms with Crippen molar-refractivity contribution in [3.8, 4) is 0 Å². The van der Waals surface area contributed by atoms with E-state index in [0.29, 0.717) is 25.3 Å². The molecule has 0 atom stereocenters. The van der Waals surface area contributed by atoms with E-state index in [1.54, 1.807) is 12.3 Å². The van der Waals surface area contributed by atoms with E-state index in [1.165, 1.54) is 19.3 Å². The molecule has 0 bridgehead atoms. The van der Waals surface area contributed by atoms with Crippen molar-refractivity contribution in [1.82, 2.24) is 10.5 Å². The van der Waals surface area contributed by atoms with Crippen molar-refractivity contribution in [1.29, 1.82) is 0 Å². The molecule has 1 heterocycles. The Hall–Kier alpha value is -1.36. The van der Waals surface area contributed by atoms with Gasteiger partial charge in [-0.2, -0.15) is 0 Å². The van der Waals surface area contributed by atoms with Crippen molar-refractivity contribution in [3.05, 3.63) is 18.0 Å². The normalized spacial score (nSPS) is 18.5. The van der Waals surface area contributed by atoms with E-state index >= 15 is 0 Å². The molecule has 1 amide bonds. The van der Waals surface area contributed by atoms with E-state index in [9.17, 15) is 4.79 Å². The van der Waals surface area contributed by atoms with Gasteiger partial charge in [-0.3, -0.25) is 4.79 Å². The van der Waals surface area contributed by atoms with Crippen LogP contribution in [0.3, 0.4) is 0 Å². The fourth-order valence-corrected chi connectivity index (χ4v) is 2.68. The van der Waals surface area contributed by atoms with Crippen LogP contribution >= 0.6 is 0 Å². The van der Waals surface area contributed by atoms with Crippen LogP contribution in [0.15, 0.2) is 16.8 Å². The van der Waals surface area contributed by atoms with E-state index in [4.69, 9.17) is 10.3 Å². The Balaban J connectivity index is 1.81. The Morgan fingerprint density at radius 3 is 2.83 bits per heavy atom. The maximum atomic E-state index is 11.9. The number of rotatable bonds is 5. The number of nitrogens with one attached hydrogen (secondary N) is 1.